The number of nitrogens with one attached hydrogen (secondary N) is 1. The fraction of sp³-hybridized carbons (Fsp3) is 0.393. The standard InChI is InChI=1S/C28H36N6O3/c1-19(2)32(4)27(36)22-15-23(17-24(16-22)34-10-12-37-13-11-34)30-28-29-9-8-26(31-28)33(5)25-14-21(18-35)7-6-20(25)3/h6-9,14-17,19,35H,10-13,18H2,1-5H3,(H,29,30,31). The summed E-state index contributed by atoms with van der Waals surface area (Å²) < 4.78 is 5.52. The van der Waals surface area contributed by atoms with E-state index in [4.69, 9.17) is 9.72 Å². The lowest BCUT2D eigenvalue weighted by Crippen LogP contribution is -2.37. The molecule has 2 N–H and O–H groups in total. The highest BCUT2D eigenvalue weighted by atomic mass is 16.5. The third kappa shape index (κ3) is 6.18. The van der Waals surface area contributed by atoms with Gasteiger partial charge in [-0.1, -0.05) is 12.1 Å². The number of hydrogen-bond acceptors (Lipinski definition) is 8. The lowest BCUT2D eigenvalue weighted by molar-refractivity contribution is 0.0755. The van der Waals surface area contributed by atoms with E-state index >= 15 is 0 Å². The van der Waals surface area contributed by atoms with Gasteiger partial charge < -0.3 is 29.9 Å². The van der Waals surface area contributed by atoms with Gasteiger partial charge in [-0.3, -0.25) is 4.79 Å². The molecule has 9 nitrogen and oxygen atoms in total. The van der Waals surface area contributed by atoms with Crippen molar-refractivity contribution in [2.45, 2.75) is 33.4 Å². The second-order valence-electron chi connectivity index (χ2n) is 9.58. The maximum atomic E-state index is 13.2. The zero-order chi connectivity index (χ0) is 26.5. The van der Waals surface area contributed by atoms with Gasteiger partial charge in [0, 0.05) is 62.0 Å². The van der Waals surface area contributed by atoms with E-state index in [-0.39, 0.29) is 18.6 Å². The molecule has 1 aliphatic heterocycles. The summed E-state index contributed by atoms with van der Waals surface area (Å²) in [6.45, 7) is 8.83. The molecule has 0 saturated carbocycles. The predicted octanol–water partition coefficient (Wildman–Crippen LogP) is 4.11. The van der Waals surface area contributed by atoms with Gasteiger partial charge >= 0.3 is 0 Å². The first-order valence-corrected chi connectivity index (χ1v) is 12.6. The number of nitrogens with zero attached hydrogens (tertiary/aromatic N) is 5. The Morgan fingerprint density at radius 1 is 1.14 bits per heavy atom. The SMILES string of the molecule is Cc1ccc(CO)cc1N(C)c1ccnc(Nc2cc(C(=O)N(C)C(C)C)cc(N3CCOCC3)c2)n1. The Hall–Kier alpha value is -3.69. The number of anilines is 5. The predicted molar refractivity (Wildman–Crippen MR) is 147 cm³/mol. The van der Waals surface area contributed by atoms with Crippen molar-refractivity contribution in [2.24, 2.45) is 0 Å². The Kier molecular flexibility index (Phi) is 8.25. The molecule has 1 saturated heterocycles. The van der Waals surface area contributed by atoms with Crippen LogP contribution in [0.2, 0.25) is 0 Å². The van der Waals surface area contributed by atoms with Crippen molar-refractivity contribution in [3.63, 3.8) is 0 Å². The van der Waals surface area contributed by atoms with Crippen LogP contribution in [0.5, 0.6) is 0 Å². The molecule has 0 atom stereocenters. The molecule has 196 valence electrons. The number of aromatic nitrogens is 2. The van der Waals surface area contributed by atoms with Crippen LogP contribution in [-0.2, 0) is 11.3 Å². The van der Waals surface area contributed by atoms with Crippen LogP contribution < -0.4 is 15.1 Å². The van der Waals surface area contributed by atoms with Gasteiger partial charge in [0.25, 0.3) is 5.91 Å². The summed E-state index contributed by atoms with van der Waals surface area (Å²) in [6.07, 6.45) is 1.71. The summed E-state index contributed by atoms with van der Waals surface area (Å²) >= 11 is 0. The third-order valence-corrected chi connectivity index (χ3v) is 6.69. The van der Waals surface area contributed by atoms with Crippen LogP contribution in [0, 0.1) is 6.92 Å². The molecule has 2 aromatic carbocycles. The summed E-state index contributed by atoms with van der Waals surface area (Å²) in [5.41, 5.74) is 5.16. The number of hydrogen-bond donors (Lipinski definition) is 2. The number of aryl methyl sites for hydroxylation is 1. The normalized spacial score (nSPS) is 13.5. The zero-order valence-electron chi connectivity index (χ0n) is 22.2. The van der Waals surface area contributed by atoms with Crippen LogP contribution >= 0.6 is 0 Å². The van der Waals surface area contributed by atoms with Crippen LogP contribution in [-0.4, -0.2) is 72.3 Å². The second kappa shape index (κ2) is 11.6. The molecule has 0 bridgehead atoms. The fourth-order valence-corrected chi connectivity index (χ4v) is 4.21. The summed E-state index contributed by atoms with van der Waals surface area (Å²) in [5, 5.41) is 12.9. The van der Waals surface area contributed by atoms with Gasteiger partial charge in [0.05, 0.1) is 19.8 Å². The molecule has 9 heteroatoms. The molecule has 0 aliphatic carbocycles. The molecule has 3 aromatic rings. The van der Waals surface area contributed by atoms with E-state index in [1.807, 2.05) is 82.2 Å². The van der Waals surface area contributed by atoms with Crippen molar-refractivity contribution in [1.29, 1.82) is 0 Å². The molecule has 0 radical (unpaired) electrons. The second-order valence-corrected chi connectivity index (χ2v) is 9.58. The molecule has 1 aliphatic rings. The molecule has 1 fully saturated rings. The number of rotatable bonds is 8. The van der Waals surface area contributed by atoms with E-state index in [0.29, 0.717) is 30.5 Å². The van der Waals surface area contributed by atoms with Crippen molar-refractivity contribution in [2.75, 3.05) is 55.5 Å². The van der Waals surface area contributed by atoms with Gasteiger partial charge in [-0.05, 0) is 62.2 Å². The number of aliphatic hydroxyl groups excluding tert-OH is 1. The average molecular weight is 505 g/mol. The number of benzene rings is 2. The Morgan fingerprint density at radius 3 is 2.59 bits per heavy atom. The summed E-state index contributed by atoms with van der Waals surface area (Å²) in [4.78, 5) is 28.3. The van der Waals surface area contributed by atoms with Crippen LogP contribution in [0.25, 0.3) is 0 Å². The van der Waals surface area contributed by atoms with Crippen molar-refractivity contribution in [3.8, 4) is 0 Å². The number of amides is 1. The molecule has 1 amide bonds. The minimum Gasteiger partial charge on any atom is -0.392 e. The van der Waals surface area contributed by atoms with Crippen LogP contribution in [0.1, 0.15) is 35.3 Å². The van der Waals surface area contributed by atoms with Gasteiger partial charge in [-0.15, -0.1) is 0 Å². The van der Waals surface area contributed by atoms with E-state index in [1.165, 1.54) is 0 Å². The molecule has 2 heterocycles. The number of ether oxygens (including phenoxy) is 1. The summed E-state index contributed by atoms with van der Waals surface area (Å²) in [6, 6.07) is 13.6. The zero-order valence-corrected chi connectivity index (χ0v) is 22.2. The number of aliphatic hydroxyl groups is 1. The quantitative estimate of drug-likeness (QED) is 0.474. The van der Waals surface area contributed by atoms with Crippen LogP contribution in [0.4, 0.5) is 28.8 Å². The first-order valence-electron chi connectivity index (χ1n) is 12.6. The Bertz CT molecular complexity index is 1240. The van der Waals surface area contributed by atoms with E-state index in [1.54, 1.807) is 11.1 Å². The van der Waals surface area contributed by atoms with E-state index in [0.717, 1.165) is 41.3 Å². The van der Waals surface area contributed by atoms with Gasteiger partial charge in [-0.2, -0.15) is 4.98 Å². The maximum Gasteiger partial charge on any atom is 0.253 e. The lowest BCUT2D eigenvalue weighted by Gasteiger charge is -2.30. The van der Waals surface area contributed by atoms with Gasteiger partial charge in [0.1, 0.15) is 5.82 Å². The topological polar surface area (TPSA) is 94.1 Å². The van der Waals surface area contributed by atoms with Crippen LogP contribution in [0.15, 0.2) is 48.7 Å². The van der Waals surface area contributed by atoms with Crippen molar-refractivity contribution in [1.82, 2.24) is 14.9 Å². The Balaban J connectivity index is 1.65. The Morgan fingerprint density at radius 2 is 1.89 bits per heavy atom. The smallest absolute Gasteiger partial charge is 0.253 e. The molecular weight excluding hydrogens is 468 g/mol. The van der Waals surface area contributed by atoms with Crippen molar-refractivity contribution < 1.29 is 14.6 Å². The highest BCUT2D eigenvalue weighted by Gasteiger charge is 2.19. The molecule has 0 unspecified atom stereocenters. The van der Waals surface area contributed by atoms with E-state index in [9.17, 15) is 9.90 Å². The van der Waals surface area contributed by atoms with E-state index < -0.39 is 0 Å². The minimum atomic E-state index is -0.0400. The maximum absolute atomic E-state index is 13.2. The van der Waals surface area contributed by atoms with Crippen LogP contribution in [0.3, 0.4) is 0 Å². The van der Waals surface area contributed by atoms with Crippen molar-refractivity contribution >= 4 is 34.7 Å². The largest absolute Gasteiger partial charge is 0.392 e. The highest BCUT2D eigenvalue weighted by Crippen LogP contribution is 2.29. The lowest BCUT2D eigenvalue weighted by atomic mass is 10.1. The molecular formula is C28H36N6O3. The highest BCUT2D eigenvalue weighted by molar-refractivity contribution is 5.96. The number of carbonyl (C=O) groups excluding carboxylic acids is 1. The van der Waals surface area contributed by atoms with Gasteiger partial charge in [-0.25, -0.2) is 4.98 Å². The number of carbonyl (C=O) groups is 1. The monoisotopic (exact) mass is 504 g/mol. The average Bonchev–Trinajstić information content (AvgIpc) is 2.92. The molecule has 4 rings (SSSR count). The summed E-state index contributed by atoms with van der Waals surface area (Å²) in [7, 11) is 3.75. The third-order valence-electron chi connectivity index (χ3n) is 6.69. The van der Waals surface area contributed by atoms with Gasteiger partial charge in [0.2, 0.25) is 5.95 Å². The minimum absolute atomic E-state index is 0.0236. The molecule has 0 spiro atoms. The van der Waals surface area contributed by atoms with E-state index in [2.05, 4.69) is 15.2 Å². The summed E-state index contributed by atoms with van der Waals surface area (Å²) in [5.74, 6) is 1.09. The molecule has 1 aromatic heterocycles. The Labute approximate surface area is 218 Å². The first kappa shape index (κ1) is 26.4. The fourth-order valence-electron chi connectivity index (χ4n) is 4.21. The first-order chi connectivity index (χ1) is 17.8. The molecule has 37 heavy (non-hydrogen) atoms. The number of morpholine rings is 1. The van der Waals surface area contributed by atoms with Gasteiger partial charge in [0.15, 0.2) is 0 Å². The van der Waals surface area contributed by atoms with Crippen molar-refractivity contribution in [3.05, 3.63) is 65.4 Å².